The van der Waals surface area contributed by atoms with Crippen molar-refractivity contribution in [3.63, 3.8) is 0 Å². The molecule has 1 unspecified atom stereocenters. The lowest BCUT2D eigenvalue weighted by molar-refractivity contribution is -0.131. The van der Waals surface area contributed by atoms with E-state index in [4.69, 9.17) is 0 Å². The molecule has 1 aromatic rings. The summed E-state index contributed by atoms with van der Waals surface area (Å²) in [7, 11) is 0. The number of likely N-dealkylation sites (tertiary alicyclic amines) is 1. The Morgan fingerprint density at radius 2 is 1.88 bits per heavy atom. The minimum Gasteiger partial charge on any atom is -0.388 e. The van der Waals surface area contributed by atoms with Gasteiger partial charge in [0.25, 0.3) is 5.91 Å². The lowest BCUT2D eigenvalue weighted by atomic mass is 9.94. The number of nitrogens with zero attached hydrogens (tertiary/aromatic N) is 1. The van der Waals surface area contributed by atoms with Gasteiger partial charge in [0, 0.05) is 18.7 Å². The molecule has 132 valence electrons. The van der Waals surface area contributed by atoms with Gasteiger partial charge in [-0.15, -0.1) is 0 Å². The maximum absolute atomic E-state index is 12.8. The van der Waals surface area contributed by atoms with Crippen LogP contribution in [0.2, 0.25) is 0 Å². The van der Waals surface area contributed by atoms with Crippen molar-refractivity contribution in [1.29, 1.82) is 0 Å². The molecule has 1 aliphatic heterocycles. The van der Waals surface area contributed by atoms with Crippen molar-refractivity contribution in [2.75, 3.05) is 13.1 Å². The van der Waals surface area contributed by atoms with Crippen LogP contribution in [-0.4, -0.2) is 46.1 Å². The lowest BCUT2D eigenvalue weighted by Gasteiger charge is -2.35. The molecule has 0 bridgehead atoms. The molecule has 0 saturated carbocycles. The summed E-state index contributed by atoms with van der Waals surface area (Å²) < 4.78 is 0. The Kier molecular flexibility index (Phi) is 5.65. The summed E-state index contributed by atoms with van der Waals surface area (Å²) in [6.07, 6.45) is 2.59. The monoisotopic (exact) mass is 332 g/mol. The number of aliphatic hydroxyl groups is 1. The number of nitrogens with one attached hydrogen (secondary N) is 1. The number of hydrogen-bond donors (Lipinski definition) is 2. The fraction of sp³-hybridized carbons (Fsp3) is 0.579. The molecule has 0 aliphatic carbocycles. The average Bonchev–Trinajstić information content (AvgIpc) is 3.02. The van der Waals surface area contributed by atoms with Crippen LogP contribution in [0.25, 0.3) is 0 Å². The molecule has 1 saturated heterocycles. The number of hydrogen-bond acceptors (Lipinski definition) is 3. The predicted molar refractivity (Wildman–Crippen MR) is 93.7 cm³/mol. The van der Waals surface area contributed by atoms with Crippen molar-refractivity contribution >= 4 is 11.8 Å². The van der Waals surface area contributed by atoms with E-state index in [1.807, 2.05) is 39.0 Å². The van der Waals surface area contributed by atoms with Crippen molar-refractivity contribution in [1.82, 2.24) is 10.2 Å². The molecule has 1 fully saturated rings. The summed E-state index contributed by atoms with van der Waals surface area (Å²) >= 11 is 0. The van der Waals surface area contributed by atoms with E-state index in [0.717, 1.165) is 6.42 Å². The number of carbonyl (C=O) groups is 2. The van der Waals surface area contributed by atoms with Gasteiger partial charge in [0.2, 0.25) is 5.91 Å². The van der Waals surface area contributed by atoms with E-state index in [9.17, 15) is 14.7 Å². The zero-order chi connectivity index (χ0) is 17.8. The van der Waals surface area contributed by atoms with E-state index in [1.54, 1.807) is 17.0 Å². The molecule has 1 atom stereocenters. The second kappa shape index (κ2) is 7.34. The van der Waals surface area contributed by atoms with Crippen molar-refractivity contribution in [2.45, 2.75) is 57.6 Å². The Balaban J connectivity index is 2.12. The first kappa shape index (κ1) is 18.5. The molecule has 1 aliphatic rings. The highest BCUT2D eigenvalue weighted by Crippen LogP contribution is 2.31. The van der Waals surface area contributed by atoms with Crippen LogP contribution < -0.4 is 5.32 Å². The highest BCUT2D eigenvalue weighted by atomic mass is 16.3. The van der Waals surface area contributed by atoms with Gasteiger partial charge in [0.15, 0.2) is 0 Å². The quantitative estimate of drug-likeness (QED) is 0.840. The number of amides is 2. The van der Waals surface area contributed by atoms with Crippen LogP contribution in [0.1, 0.15) is 56.8 Å². The third kappa shape index (κ3) is 3.61. The zero-order valence-corrected chi connectivity index (χ0v) is 14.8. The number of rotatable bonds is 6. The van der Waals surface area contributed by atoms with Crippen LogP contribution >= 0.6 is 0 Å². The van der Waals surface area contributed by atoms with Gasteiger partial charge in [-0.2, -0.15) is 0 Å². The molecule has 1 heterocycles. The fourth-order valence-corrected chi connectivity index (χ4v) is 3.20. The molecular formula is C19H28N2O3. The second-order valence-electron chi connectivity index (χ2n) is 6.81. The molecule has 1 aromatic carbocycles. The summed E-state index contributed by atoms with van der Waals surface area (Å²) in [6.45, 7) is 6.40. The SMILES string of the molecule is CCC(O)(CC)CNC(=O)C1(C)CCCN1C(=O)c1ccccc1. The van der Waals surface area contributed by atoms with Gasteiger partial charge in [-0.3, -0.25) is 9.59 Å². The first-order valence-electron chi connectivity index (χ1n) is 8.74. The fourth-order valence-electron chi connectivity index (χ4n) is 3.20. The maximum Gasteiger partial charge on any atom is 0.254 e. The first-order valence-corrected chi connectivity index (χ1v) is 8.74. The third-order valence-corrected chi connectivity index (χ3v) is 5.29. The standard InChI is InChI=1S/C19H28N2O3/c1-4-19(24,5-2)14-20-17(23)18(3)12-9-13-21(18)16(22)15-10-7-6-8-11-15/h6-8,10-11,24H,4-5,9,12-14H2,1-3H3,(H,20,23). The van der Waals surface area contributed by atoms with E-state index in [-0.39, 0.29) is 18.4 Å². The Labute approximate surface area is 144 Å². The van der Waals surface area contributed by atoms with Crippen LogP contribution in [0.15, 0.2) is 30.3 Å². The molecule has 0 aromatic heterocycles. The van der Waals surface area contributed by atoms with Crippen molar-refractivity contribution < 1.29 is 14.7 Å². The van der Waals surface area contributed by atoms with E-state index < -0.39 is 11.1 Å². The number of benzene rings is 1. The molecule has 2 N–H and O–H groups in total. The van der Waals surface area contributed by atoms with Crippen LogP contribution in [0.3, 0.4) is 0 Å². The van der Waals surface area contributed by atoms with Gasteiger partial charge in [0.05, 0.1) is 5.60 Å². The highest BCUT2D eigenvalue weighted by Gasteiger charge is 2.46. The van der Waals surface area contributed by atoms with Crippen molar-refractivity contribution in [3.05, 3.63) is 35.9 Å². The highest BCUT2D eigenvalue weighted by molar-refractivity contribution is 5.99. The second-order valence-corrected chi connectivity index (χ2v) is 6.81. The van der Waals surface area contributed by atoms with Gasteiger partial charge in [-0.1, -0.05) is 32.0 Å². The van der Waals surface area contributed by atoms with Crippen molar-refractivity contribution in [3.8, 4) is 0 Å². The molecule has 5 nitrogen and oxygen atoms in total. The predicted octanol–water partition coefficient (Wildman–Crippen LogP) is 2.35. The Hall–Kier alpha value is -1.88. The smallest absolute Gasteiger partial charge is 0.254 e. The molecule has 0 radical (unpaired) electrons. The maximum atomic E-state index is 12.8. The summed E-state index contributed by atoms with van der Waals surface area (Å²) in [5.41, 5.74) is -1.16. The number of carbonyl (C=O) groups excluding carboxylic acids is 2. The van der Waals surface area contributed by atoms with Crippen LogP contribution in [0, 0.1) is 0 Å². The summed E-state index contributed by atoms with van der Waals surface area (Å²) in [6, 6.07) is 9.05. The van der Waals surface area contributed by atoms with E-state index in [0.29, 0.717) is 31.4 Å². The van der Waals surface area contributed by atoms with Gasteiger partial charge >= 0.3 is 0 Å². The molecule has 2 rings (SSSR count). The lowest BCUT2D eigenvalue weighted by Crippen LogP contribution is -2.57. The van der Waals surface area contributed by atoms with Crippen molar-refractivity contribution in [2.24, 2.45) is 0 Å². The van der Waals surface area contributed by atoms with E-state index in [1.165, 1.54) is 0 Å². The summed E-state index contributed by atoms with van der Waals surface area (Å²) in [4.78, 5) is 27.2. The van der Waals surface area contributed by atoms with Crippen LogP contribution in [-0.2, 0) is 4.79 Å². The minimum atomic E-state index is -0.890. The zero-order valence-electron chi connectivity index (χ0n) is 14.8. The normalized spacial score (nSPS) is 20.9. The average molecular weight is 332 g/mol. The Morgan fingerprint density at radius 3 is 2.46 bits per heavy atom. The Morgan fingerprint density at radius 1 is 1.25 bits per heavy atom. The van der Waals surface area contributed by atoms with Gasteiger partial charge in [-0.05, 0) is 44.7 Å². The topological polar surface area (TPSA) is 69.6 Å². The third-order valence-electron chi connectivity index (χ3n) is 5.29. The molecule has 24 heavy (non-hydrogen) atoms. The molecule has 0 spiro atoms. The van der Waals surface area contributed by atoms with Gasteiger partial charge < -0.3 is 15.3 Å². The molecule has 5 heteroatoms. The summed E-state index contributed by atoms with van der Waals surface area (Å²) in [5.74, 6) is -0.309. The van der Waals surface area contributed by atoms with Gasteiger partial charge in [0.1, 0.15) is 5.54 Å². The van der Waals surface area contributed by atoms with Crippen LogP contribution in [0.5, 0.6) is 0 Å². The molecule has 2 amide bonds. The minimum absolute atomic E-state index is 0.119. The first-order chi connectivity index (χ1) is 11.4. The Bertz CT molecular complexity index is 584. The van der Waals surface area contributed by atoms with E-state index >= 15 is 0 Å². The summed E-state index contributed by atoms with van der Waals surface area (Å²) in [5, 5.41) is 13.2. The van der Waals surface area contributed by atoms with E-state index in [2.05, 4.69) is 5.32 Å². The largest absolute Gasteiger partial charge is 0.388 e. The molecular weight excluding hydrogens is 304 g/mol. The van der Waals surface area contributed by atoms with Crippen LogP contribution in [0.4, 0.5) is 0 Å². The van der Waals surface area contributed by atoms with Gasteiger partial charge in [-0.25, -0.2) is 0 Å².